The maximum atomic E-state index is 5.40. The van der Waals surface area contributed by atoms with E-state index in [2.05, 4.69) is 49.1 Å². The van der Waals surface area contributed by atoms with Crippen LogP contribution in [0.5, 0.6) is 5.75 Å². The Morgan fingerprint density at radius 2 is 2.09 bits per heavy atom. The van der Waals surface area contributed by atoms with Crippen molar-refractivity contribution in [3.8, 4) is 5.75 Å². The molecule has 0 fully saturated rings. The fourth-order valence-corrected chi connectivity index (χ4v) is 2.50. The lowest BCUT2D eigenvalue weighted by atomic mass is 10.0. The fraction of sp³-hybridized carbons (Fsp3) is 0.500. The van der Waals surface area contributed by atoms with Crippen molar-refractivity contribution in [1.82, 2.24) is 9.88 Å². The third kappa shape index (κ3) is 3.69. The van der Waals surface area contributed by atoms with Crippen molar-refractivity contribution in [3.63, 3.8) is 0 Å². The zero-order valence-electron chi connectivity index (χ0n) is 14.3. The Morgan fingerprint density at radius 3 is 2.77 bits per heavy atom. The molecule has 1 N–H and O–H groups in total. The van der Waals surface area contributed by atoms with Gasteiger partial charge in [-0.2, -0.15) is 0 Å². The SMILES string of the molecule is CCCN(C)C(C)(C)CNc1cc(OC)cc2cccnc12. The molecule has 0 spiro atoms. The van der Waals surface area contributed by atoms with Gasteiger partial charge in [-0.05, 0) is 46.0 Å². The van der Waals surface area contributed by atoms with Gasteiger partial charge in [-0.1, -0.05) is 13.0 Å². The molecule has 0 saturated heterocycles. The summed E-state index contributed by atoms with van der Waals surface area (Å²) < 4.78 is 5.40. The van der Waals surface area contributed by atoms with Crippen LogP contribution < -0.4 is 10.1 Å². The Kier molecular flexibility index (Phi) is 5.24. The molecule has 2 aromatic rings. The molecule has 0 unspecified atom stereocenters. The number of aromatic nitrogens is 1. The van der Waals surface area contributed by atoms with Crippen LogP contribution in [0.1, 0.15) is 27.2 Å². The van der Waals surface area contributed by atoms with Crippen molar-refractivity contribution in [2.24, 2.45) is 0 Å². The van der Waals surface area contributed by atoms with Crippen LogP contribution in [-0.4, -0.2) is 42.7 Å². The highest BCUT2D eigenvalue weighted by atomic mass is 16.5. The van der Waals surface area contributed by atoms with Crippen LogP contribution in [0.2, 0.25) is 0 Å². The summed E-state index contributed by atoms with van der Waals surface area (Å²) in [7, 11) is 3.87. The van der Waals surface area contributed by atoms with Crippen molar-refractivity contribution in [2.45, 2.75) is 32.7 Å². The molecule has 1 aromatic heterocycles. The van der Waals surface area contributed by atoms with Gasteiger partial charge in [0.15, 0.2) is 0 Å². The number of benzene rings is 1. The Morgan fingerprint density at radius 1 is 1.32 bits per heavy atom. The topological polar surface area (TPSA) is 37.4 Å². The van der Waals surface area contributed by atoms with Crippen molar-refractivity contribution < 1.29 is 4.74 Å². The second-order valence-electron chi connectivity index (χ2n) is 6.34. The third-order valence-electron chi connectivity index (χ3n) is 4.22. The summed E-state index contributed by atoms with van der Waals surface area (Å²) in [5.74, 6) is 0.850. The Labute approximate surface area is 133 Å². The monoisotopic (exact) mass is 301 g/mol. The van der Waals surface area contributed by atoms with Crippen LogP contribution in [0.25, 0.3) is 10.9 Å². The minimum atomic E-state index is 0.0696. The third-order valence-corrected chi connectivity index (χ3v) is 4.22. The van der Waals surface area contributed by atoms with E-state index in [1.54, 1.807) is 7.11 Å². The van der Waals surface area contributed by atoms with Gasteiger partial charge in [-0.15, -0.1) is 0 Å². The maximum absolute atomic E-state index is 5.40. The first-order valence-corrected chi connectivity index (χ1v) is 7.86. The highest BCUT2D eigenvalue weighted by Crippen LogP contribution is 2.28. The molecular weight excluding hydrogens is 274 g/mol. The summed E-state index contributed by atoms with van der Waals surface area (Å²) in [6.45, 7) is 8.66. The number of likely N-dealkylation sites (N-methyl/N-ethyl adjacent to an activating group) is 1. The van der Waals surface area contributed by atoms with E-state index in [-0.39, 0.29) is 5.54 Å². The molecule has 1 heterocycles. The van der Waals surface area contributed by atoms with Crippen molar-refractivity contribution in [1.29, 1.82) is 0 Å². The molecule has 4 heteroatoms. The van der Waals surface area contributed by atoms with Crippen LogP contribution in [0, 0.1) is 0 Å². The predicted molar refractivity (Wildman–Crippen MR) is 93.8 cm³/mol. The summed E-state index contributed by atoms with van der Waals surface area (Å²) in [4.78, 5) is 6.89. The first-order chi connectivity index (χ1) is 10.5. The second-order valence-corrected chi connectivity index (χ2v) is 6.34. The Bertz CT molecular complexity index is 625. The zero-order valence-corrected chi connectivity index (χ0v) is 14.3. The van der Waals surface area contributed by atoms with E-state index in [9.17, 15) is 0 Å². The lowest BCUT2D eigenvalue weighted by molar-refractivity contribution is 0.169. The van der Waals surface area contributed by atoms with Crippen molar-refractivity contribution in [3.05, 3.63) is 30.5 Å². The number of pyridine rings is 1. The van der Waals surface area contributed by atoms with E-state index in [4.69, 9.17) is 4.74 Å². The van der Waals surface area contributed by atoms with E-state index in [1.165, 1.54) is 0 Å². The molecule has 0 amide bonds. The van der Waals surface area contributed by atoms with E-state index < -0.39 is 0 Å². The van der Waals surface area contributed by atoms with E-state index >= 15 is 0 Å². The van der Waals surface area contributed by atoms with E-state index in [0.29, 0.717) is 0 Å². The number of hydrogen-bond donors (Lipinski definition) is 1. The number of hydrogen-bond acceptors (Lipinski definition) is 4. The van der Waals surface area contributed by atoms with Gasteiger partial charge in [0.05, 0.1) is 18.3 Å². The van der Waals surface area contributed by atoms with Crippen LogP contribution in [-0.2, 0) is 0 Å². The average molecular weight is 301 g/mol. The Balaban J connectivity index is 2.24. The number of nitrogens with zero attached hydrogens (tertiary/aromatic N) is 2. The van der Waals surface area contributed by atoms with Gasteiger partial charge in [0, 0.05) is 29.7 Å². The molecule has 4 nitrogen and oxygen atoms in total. The van der Waals surface area contributed by atoms with Gasteiger partial charge in [0.2, 0.25) is 0 Å². The molecule has 0 aliphatic heterocycles. The summed E-state index contributed by atoms with van der Waals surface area (Å²) in [6.07, 6.45) is 2.98. The molecular formula is C18H27N3O. The van der Waals surface area contributed by atoms with Gasteiger partial charge in [0.1, 0.15) is 5.75 Å². The van der Waals surface area contributed by atoms with Crippen molar-refractivity contribution >= 4 is 16.6 Å². The number of rotatable bonds is 7. The van der Waals surface area contributed by atoms with E-state index in [1.807, 2.05) is 24.4 Å². The highest BCUT2D eigenvalue weighted by molar-refractivity contribution is 5.91. The molecule has 2 rings (SSSR count). The molecule has 0 bridgehead atoms. The summed E-state index contributed by atoms with van der Waals surface area (Å²) >= 11 is 0. The lowest BCUT2D eigenvalue weighted by Crippen LogP contribution is -2.46. The zero-order chi connectivity index (χ0) is 16.2. The highest BCUT2D eigenvalue weighted by Gasteiger charge is 2.23. The van der Waals surface area contributed by atoms with E-state index in [0.717, 1.165) is 41.9 Å². The fourth-order valence-electron chi connectivity index (χ4n) is 2.50. The molecule has 22 heavy (non-hydrogen) atoms. The van der Waals surface area contributed by atoms with Crippen LogP contribution in [0.4, 0.5) is 5.69 Å². The van der Waals surface area contributed by atoms with Gasteiger partial charge in [-0.25, -0.2) is 0 Å². The molecule has 0 atom stereocenters. The summed E-state index contributed by atoms with van der Waals surface area (Å²) in [5.41, 5.74) is 2.07. The van der Waals surface area contributed by atoms with Crippen LogP contribution in [0.3, 0.4) is 0 Å². The molecule has 0 radical (unpaired) electrons. The van der Waals surface area contributed by atoms with Crippen LogP contribution in [0.15, 0.2) is 30.5 Å². The molecule has 120 valence electrons. The standard InChI is InChI=1S/C18H27N3O/c1-6-10-21(4)18(2,3)13-20-16-12-15(22-5)11-14-8-7-9-19-17(14)16/h7-9,11-12,20H,6,10,13H2,1-5H3. The number of ether oxygens (including phenoxy) is 1. The maximum Gasteiger partial charge on any atom is 0.121 e. The molecule has 0 aliphatic carbocycles. The quantitative estimate of drug-likeness (QED) is 0.844. The minimum absolute atomic E-state index is 0.0696. The summed E-state index contributed by atoms with van der Waals surface area (Å²) in [6, 6.07) is 8.04. The first-order valence-electron chi connectivity index (χ1n) is 7.86. The Hall–Kier alpha value is -1.81. The largest absolute Gasteiger partial charge is 0.497 e. The molecule has 1 aromatic carbocycles. The lowest BCUT2D eigenvalue weighted by Gasteiger charge is -2.36. The second kappa shape index (κ2) is 6.97. The minimum Gasteiger partial charge on any atom is -0.497 e. The van der Waals surface area contributed by atoms with Crippen molar-refractivity contribution in [2.75, 3.05) is 32.6 Å². The molecule has 0 aliphatic rings. The van der Waals surface area contributed by atoms with Gasteiger partial charge >= 0.3 is 0 Å². The number of nitrogens with one attached hydrogen (secondary N) is 1. The van der Waals surface area contributed by atoms with Crippen LogP contribution >= 0.6 is 0 Å². The number of fused-ring (bicyclic) bond motifs is 1. The molecule has 0 saturated carbocycles. The average Bonchev–Trinajstić information content (AvgIpc) is 2.52. The first kappa shape index (κ1) is 16.6. The summed E-state index contributed by atoms with van der Waals surface area (Å²) in [5, 5.41) is 4.64. The van der Waals surface area contributed by atoms with Gasteiger partial charge in [0.25, 0.3) is 0 Å². The normalized spacial score (nSPS) is 11.9. The number of anilines is 1. The van der Waals surface area contributed by atoms with Gasteiger partial charge < -0.3 is 10.1 Å². The number of methoxy groups -OCH3 is 1. The predicted octanol–water partition coefficient (Wildman–Crippen LogP) is 3.78. The smallest absolute Gasteiger partial charge is 0.121 e. The van der Waals surface area contributed by atoms with Gasteiger partial charge in [-0.3, -0.25) is 9.88 Å².